The number of rotatable bonds is 1. The lowest BCUT2D eigenvalue weighted by Crippen LogP contribution is -1.85. The maximum Gasteiger partial charge on any atom is 0.138 e. The first-order chi connectivity index (χ1) is 15.1. The molecule has 0 atom stereocenters. The number of thioether (sulfide) groups is 1. The Kier molecular flexibility index (Phi) is 5.96. The van der Waals surface area contributed by atoms with Crippen molar-refractivity contribution in [3.8, 4) is 34.8 Å². The minimum absolute atomic E-state index is 0.264. The van der Waals surface area contributed by atoms with Crippen molar-refractivity contribution in [2.24, 2.45) is 0 Å². The van der Waals surface area contributed by atoms with Gasteiger partial charge in [0.2, 0.25) is 0 Å². The molecule has 0 saturated heterocycles. The number of phenolic OH excluding ortho intramolecular Hbond substituents is 1. The molecule has 0 unspecified atom stereocenters. The van der Waals surface area contributed by atoms with E-state index in [0.717, 1.165) is 55.2 Å². The van der Waals surface area contributed by atoms with Gasteiger partial charge in [0.25, 0.3) is 0 Å². The van der Waals surface area contributed by atoms with Crippen LogP contribution in [0.15, 0.2) is 83.8 Å². The van der Waals surface area contributed by atoms with E-state index >= 15 is 0 Å². The Morgan fingerprint density at radius 1 is 0.677 bits per heavy atom. The quantitative estimate of drug-likeness (QED) is 0.228. The van der Waals surface area contributed by atoms with Gasteiger partial charge in [0.15, 0.2) is 0 Å². The van der Waals surface area contributed by atoms with Gasteiger partial charge in [-0.3, -0.25) is 0 Å². The summed E-state index contributed by atoms with van der Waals surface area (Å²) in [6.07, 6.45) is 0. The highest BCUT2D eigenvalue weighted by Crippen LogP contribution is 2.21. The van der Waals surface area contributed by atoms with Crippen LogP contribution in [0.3, 0.4) is 0 Å². The zero-order valence-electron chi connectivity index (χ0n) is 16.8. The number of thiocyanates is 1. The summed E-state index contributed by atoms with van der Waals surface area (Å²) in [5, 5.41) is 22.4. The number of hydrogen-bond acceptors (Lipinski definition) is 3. The third kappa shape index (κ3) is 5.09. The third-order valence-corrected chi connectivity index (χ3v) is 5.36. The Labute approximate surface area is 186 Å². The van der Waals surface area contributed by atoms with E-state index in [1.807, 2.05) is 73.7 Å². The number of fused-ring (bicyclic) bond motifs is 1. The second kappa shape index (κ2) is 9.15. The molecule has 0 bridgehead atoms. The van der Waals surface area contributed by atoms with Crippen LogP contribution < -0.4 is 0 Å². The largest absolute Gasteiger partial charge is 0.508 e. The van der Waals surface area contributed by atoms with Crippen LogP contribution in [-0.4, -0.2) is 5.11 Å². The van der Waals surface area contributed by atoms with Crippen LogP contribution in [0.5, 0.6) is 5.75 Å². The van der Waals surface area contributed by atoms with Crippen molar-refractivity contribution >= 4 is 22.5 Å². The Morgan fingerprint density at radius 3 is 2.03 bits per heavy atom. The standard InChI is InChI=1S/C28H17NOS/c1-20-16-22(2-3-23-6-11-26-18-27(30)13-12-25(26)17-23)5-10-24(20)9-4-21-7-14-28(15-8-21)31-19-29/h5-8,10-18,30H,1H3. The molecule has 0 amide bonds. The van der Waals surface area contributed by atoms with Gasteiger partial charge in [-0.05, 0) is 102 Å². The molecule has 0 spiro atoms. The number of nitriles is 1. The van der Waals surface area contributed by atoms with Crippen molar-refractivity contribution < 1.29 is 5.11 Å². The lowest BCUT2D eigenvalue weighted by atomic mass is 10.0. The number of aromatic hydroxyl groups is 1. The van der Waals surface area contributed by atoms with Gasteiger partial charge in [-0.25, -0.2) is 0 Å². The Bertz CT molecular complexity index is 1440. The first kappa shape index (κ1) is 20.2. The summed E-state index contributed by atoms with van der Waals surface area (Å²) in [6.45, 7) is 2.03. The van der Waals surface area contributed by atoms with E-state index in [1.165, 1.54) is 0 Å². The van der Waals surface area contributed by atoms with Crippen molar-refractivity contribution in [3.63, 3.8) is 0 Å². The summed E-state index contributed by atoms with van der Waals surface area (Å²) in [5.74, 6) is 13.1. The van der Waals surface area contributed by atoms with E-state index in [0.29, 0.717) is 0 Å². The van der Waals surface area contributed by atoms with Gasteiger partial charge < -0.3 is 5.11 Å². The smallest absolute Gasteiger partial charge is 0.138 e. The first-order valence-electron chi connectivity index (χ1n) is 9.64. The molecule has 0 aliphatic rings. The van der Waals surface area contributed by atoms with Crippen LogP contribution in [0.25, 0.3) is 10.8 Å². The van der Waals surface area contributed by atoms with E-state index in [4.69, 9.17) is 5.26 Å². The second-order valence-electron chi connectivity index (χ2n) is 6.99. The predicted molar refractivity (Wildman–Crippen MR) is 127 cm³/mol. The van der Waals surface area contributed by atoms with E-state index < -0.39 is 0 Å². The third-order valence-electron chi connectivity index (χ3n) is 4.76. The fourth-order valence-electron chi connectivity index (χ4n) is 3.14. The van der Waals surface area contributed by atoms with Crippen LogP contribution in [0, 0.1) is 41.3 Å². The highest BCUT2D eigenvalue weighted by molar-refractivity contribution is 8.03. The number of phenols is 1. The molecule has 1 N–H and O–H groups in total. The number of hydrogen-bond donors (Lipinski definition) is 1. The molecule has 0 saturated carbocycles. The molecule has 0 heterocycles. The van der Waals surface area contributed by atoms with Crippen LogP contribution in [0.4, 0.5) is 0 Å². The number of nitrogens with zero attached hydrogens (tertiary/aromatic N) is 1. The van der Waals surface area contributed by atoms with Gasteiger partial charge in [-0.15, -0.1) is 0 Å². The van der Waals surface area contributed by atoms with Crippen molar-refractivity contribution in [2.45, 2.75) is 11.8 Å². The molecular formula is C28H17NOS. The lowest BCUT2D eigenvalue weighted by molar-refractivity contribution is 0.476. The average molecular weight is 416 g/mol. The fraction of sp³-hybridized carbons (Fsp3) is 0.0357. The second-order valence-corrected chi connectivity index (χ2v) is 7.85. The molecule has 0 fully saturated rings. The molecule has 146 valence electrons. The van der Waals surface area contributed by atoms with E-state index in [-0.39, 0.29) is 5.75 Å². The zero-order valence-corrected chi connectivity index (χ0v) is 17.6. The maximum atomic E-state index is 9.58. The van der Waals surface area contributed by atoms with Gasteiger partial charge in [-0.2, -0.15) is 5.26 Å². The molecule has 0 aliphatic carbocycles. The fourth-order valence-corrected chi connectivity index (χ4v) is 3.51. The van der Waals surface area contributed by atoms with Crippen molar-refractivity contribution in [3.05, 3.63) is 107 Å². The van der Waals surface area contributed by atoms with Gasteiger partial charge in [0, 0.05) is 27.1 Å². The normalized spacial score (nSPS) is 9.81. The van der Waals surface area contributed by atoms with Crippen LogP contribution in [0.1, 0.15) is 27.8 Å². The van der Waals surface area contributed by atoms with E-state index in [2.05, 4.69) is 29.1 Å². The van der Waals surface area contributed by atoms with Crippen molar-refractivity contribution in [1.29, 1.82) is 5.26 Å². The minimum atomic E-state index is 0.264. The van der Waals surface area contributed by atoms with Crippen LogP contribution in [-0.2, 0) is 0 Å². The predicted octanol–water partition coefficient (Wildman–Crippen LogP) is 6.23. The maximum absolute atomic E-state index is 9.58. The molecule has 4 aromatic rings. The molecule has 31 heavy (non-hydrogen) atoms. The summed E-state index contributed by atoms with van der Waals surface area (Å²) < 4.78 is 0. The molecule has 2 nitrogen and oxygen atoms in total. The number of aryl methyl sites for hydroxylation is 1. The molecule has 0 radical (unpaired) electrons. The topological polar surface area (TPSA) is 44.0 Å². The molecular weight excluding hydrogens is 398 g/mol. The Hall–Kier alpha value is -4.10. The SMILES string of the molecule is Cc1cc(C#Cc2ccc3cc(O)ccc3c2)ccc1C#Cc1ccc(SC#N)cc1. The minimum Gasteiger partial charge on any atom is -0.508 e. The van der Waals surface area contributed by atoms with E-state index in [9.17, 15) is 5.11 Å². The Morgan fingerprint density at radius 2 is 1.29 bits per heavy atom. The molecule has 0 aliphatic heterocycles. The average Bonchev–Trinajstić information content (AvgIpc) is 2.78. The van der Waals surface area contributed by atoms with E-state index in [1.54, 1.807) is 12.1 Å². The molecule has 0 aromatic heterocycles. The summed E-state index contributed by atoms with van der Waals surface area (Å²) in [5.41, 5.74) is 4.82. The summed E-state index contributed by atoms with van der Waals surface area (Å²) in [4.78, 5) is 0.914. The number of benzene rings is 4. The highest BCUT2D eigenvalue weighted by Gasteiger charge is 1.98. The van der Waals surface area contributed by atoms with Crippen LogP contribution >= 0.6 is 11.8 Å². The monoisotopic (exact) mass is 415 g/mol. The molecule has 3 heteroatoms. The van der Waals surface area contributed by atoms with Gasteiger partial charge >= 0.3 is 0 Å². The van der Waals surface area contributed by atoms with Crippen LogP contribution in [0.2, 0.25) is 0 Å². The van der Waals surface area contributed by atoms with Gasteiger partial charge in [0.05, 0.1) is 0 Å². The van der Waals surface area contributed by atoms with Gasteiger partial charge in [-0.1, -0.05) is 35.8 Å². The van der Waals surface area contributed by atoms with Crippen molar-refractivity contribution in [1.82, 2.24) is 0 Å². The summed E-state index contributed by atoms with van der Waals surface area (Å²) >= 11 is 1.14. The Balaban J connectivity index is 1.52. The summed E-state index contributed by atoms with van der Waals surface area (Å²) in [6, 6.07) is 24.9. The molecule has 4 rings (SSSR count). The first-order valence-corrected chi connectivity index (χ1v) is 10.5. The zero-order chi connectivity index (χ0) is 21.6. The van der Waals surface area contributed by atoms with Gasteiger partial charge in [0.1, 0.15) is 11.2 Å². The van der Waals surface area contributed by atoms with Crippen molar-refractivity contribution in [2.75, 3.05) is 0 Å². The summed E-state index contributed by atoms with van der Waals surface area (Å²) in [7, 11) is 0. The highest BCUT2D eigenvalue weighted by atomic mass is 32.2. The molecule has 4 aromatic carbocycles. The lowest BCUT2D eigenvalue weighted by Gasteiger charge is -2.00.